The molecule has 1 fully saturated rings. The van der Waals surface area contributed by atoms with Gasteiger partial charge in [0.15, 0.2) is 0 Å². The third-order valence-electron chi connectivity index (χ3n) is 3.72. The molecule has 1 atom stereocenters. The van der Waals surface area contributed by atoms with Crippen LogP contribution in [0.5, 0.6) is 0 Å². The molecule has 1 aromatic carbocycles. The molecular weight excluding hydrogens is 320 g/mol. The molecule has 0 bridgehead atoms. The van der Waals surface area contributed by atoms with Gasteiger partial charge in [0.05, 0.1) is 24.0 Å². The van der Waals surface area contributed by atoms with Gasteiger partial charge >= 0.3 is 6.09 Å². The number of aliphatic hydroxyl groups is 1. The highest BCUT2D eigenvalue weighted by Gasteiger charge is 2.33. The van der Waals surface area contributed by atoms with Crippen molar-refractivity contribution in [1.82, 2.24) is 4.90 Å². The zero-order chi connectivity index (χ0) is 18.1. The predicted octanol–water partition coefficient (Wildman–Crippen LogP) is 1.97. The van der Waals surface area contributed by atoms with Crippen LogP contribution in [0.2, 0.25) is 0 Å². The summed E-state index contributed by atoms with van der Waals surface area (Å²) in [4.78, 5) is 15.1. The lowest BCUT2D eigenvalue weighted by molar-refractivity contribution is 0.0197. The Balaban J connectivity index is 2.16. The fraction of sp³-hybridized carbons (Fsp3) is 0.562. The van der Waals surface area contributed by atoms with Gasteiger partial charge in [-0.15, -0.1) is 0 Å². The van der Waals surface area contributed by atoms with Crippen molar-refractivity contribution in [2.75, 3.05) is 36.9 Å². The molecule has 24 heavy (non-hydrogen) atoms. The van der Waals surface area contributed by atoms with Crippen LogP contribution in [0.1, 0.15) is 20.8 Å². The first kappa shape index (κ1) is 18.3. The number of nitrogen functional groups attached to an aromatic ring is 1. The van der Waals surface area contributed by atoms with Crippen LogP contribution in [0.25, 0.3) is 0 Å². The van der Waals surface area contributed by atoms with Gasteiger partial charge in [-0.05, 0) is 20.8 Å². The van der Waals surface area contributed by atoms with Crippen molar-refractivity contribution in [1.29, 1.82) is 0 Å². The van der Waals surface area contributed by atoms with E-state index >= 15 is 0 Å². The second-order valence-electron chi connectivity index (χ2n) is 6.78. The maximum absolute atomic E-state index is 14.1. The van der Waals surface area contributed by atoms with Crippen molar-refractivity contribution in [2.24, 2.45) is 0 Å². The Morgan fingerprint density at radius 3 is 2.58 bits per heavy atom. The topological polar surface area (TPSA) is 79.0 Å². The normalized spacial score (nSPS) is 18.7. The Morgan fingerprint density at radius 2 is 2.00 bits per heavy atom. The van der Waals surface area contributed by atoms with Crippen LogP contribution in [0, 0.1) is 11.6 Å². The Hall–Kier alpha value is -2.09. The molecule has 3 N–H and O–H groups in total. The van der Waals surface area contributed by atoms with Gasteiger partial charge < -0.3 is 25.4 Å². The number of rotatable bonds is 2. The molecule has 1 saturated heterocycles. The number of aliphatic hydroxyl groups excluding tert-OH is 1. The van der Waals surface area contributed by atoms with Crippen LogP contribution in [0.3, 0.4) is 0 Å². The summed E-state index contributed by atoms with van der Waals surface area (Å²) in [6.45, 7) is 5.63. The third-order valence-corrected chi connectivity index (χ3v) is 3.72. The fourth-order valence-corrected chi connectivity index (χ4v) is 2.59. The molecule has 1 aliphatic rings. The number of hydrogen-bond acceptors (Lipinski definition) is 5. The minimum atomic E-state index is -0.724. The van der Waals surface area contributed by atoms with Gasteiger partial charge in [0.2, 0.25) is 0 Å². The molecular formula is C16H23F2N3O3. The van der Waals surface area contributed by atoms with E-state index in [1.54, 1.807) is 25.7 Å². The second kappa shape index (κ2) is 6.80. The number of nitrogens with zero attached hydrogens (tertiary/aromatic N) is 2. The number of benzene rings is 1. The van der Waals surface area contributed by atoms with E-state index in [1.807, 2.05) is 0 Å². The number of hydrogen-bond donors (Lipinski definition) is 2. The van der Waals surface area contributed by atoms with E-state index < -0.39 is 29.4 Å². The lowest BCUT2D eigenvalue weighted by atomic mass is 10.1. The molecule has 0 spiro atoms. The summed E-state index contributed by atoms with van der Waals surface area (Å²) in [6, 6.07) is 1.36. The fourth-order valence-electron chi connectivity index (χ4n) is 2.59. The van der Waals surface area contributed by atoms with Crippen molar-refractivity contribution >= 4 is 17.5 Å². The molecule has 0 saturated carbocycles. The zero-order valence-corrected chi connectivity index (χ0v) is 14.1. The van der Waals surface area contributed by atoms with E-state index in [-0.39, 0.29) is 37.6 Å². The highest BCUT2D eigenvalue weighted by Crippen LogP contribution is 2.28. The van der Waals surface area contributed by atoms with E-state index in [1.165, 1.54) is 4.90 Å². The number of carbonyl (C=O) groups is 1. The average molecular weight is 343 g/mol. The summed E-state index contributed by atoms with van der Waals surface area (Å²) < 4.78 is 33.1. The van der Waals surface area contributed by atoms with Gasteiger partial charge in [0, 0.05) is 31.8 Å². The SMILES string of the molecule is CC(C)(C)OC(=O)N1CCN(c2cc(F)c(N)cc2F)[C@H](CO)C1. The summed E-state index contributed by atoms with van der Waals surface area (Å²) in [5.41, 5.74) is 4.47. The number of ether oxygens (including phenoxy) is 1. The summed E-state index contributed by atoms with van der Waals surface area (Å²) in [5, 5.41) is 9.61. The molecule has 1 aliphatic heterocycles. The van der Waals surface area contributed by atoms with Crippen molar-refractivity contribution in [3.8, 4) is 0 Å². The maximum atomic E-state index is 14.1. The first-order valence-corrected chi connectivity index (χ1v) is 7.72. The first-order chi connectivity index (χ1) is 11.1. The number of carbonyl (C=O) groups excluding carboxylic acids is 1. The molecule has 0 radical (unpaired) electrons. The van der Waals surface area contributed by atoms with Crippen LogP contribution in [-0.2, 0) is 4.74 Å². The van der Waals surface area contributed by atoms with Crippen molar-refractivity contribution in [3.63, 3.8) is 0 Å². The molecule has 1 amide bonds. The summed E-state index contributed by atoms with van der Waals surface area (Å²) >= 11 is 0. The zero-order valence-electron chi connectivity index (χ0n) is 14.1. The Labute approximate surface area is 139 Å². The van der Waals surface area contributed by atoms with Crippen molar-refractivity contribution < 1.29 is 23.4 Å². The van der Waals surface area contributed by atoms with Crippen LogP contribution in [0.4, 0.5) is 25.0 Å². The summed E-state index contributed by atoms with van der Waals surface area (Å²) in [6.07, 6.45) is -0.496. The molecule has 6 nitrogen and oxygen atoms in total. The number of amides is 1. The largest absolute Gasteiger partial charge is 0.444 e. The highest BCUT2D eigenvalue weighted by molar-refractivity contribution is 5.69. The van der Waals surface area contributed by atoms with Crippen LogP contribution >= 0.6 is 0 Å². The predicted molar refractivity (Wildman–Crippen MR) is 86.8 cm³/mol. The monoisotopic (exact) mass is 343 g/mol. The number of piperazine rings is 1. The van der Waals surface area contributed by atoms with Gasteiger partial charge in [-0.3, -0.25) is 0 Å². The van der Waals surface area contributed by atoms with Gasteiger partial charge in [0.25, 0.3) is 0 Å². The molecule has 0 aromatic heterocycles. The average Bonchev–Trinajstić information content (AvgIpc) is 2.48. The van der Waals surface area contributed by atoms with Crippen molar-refractivity contribution in [3.05, 3.63) is 23.8 Å². The Morgan fingerprint density at radius 1 is 1.33 bits per heavy atom. The molecule has 2 rings (SSSR count). The third kappa shape index (κ3) is 4.05. The van der Waals surface area contributed by atoms with E-state index in [9.17, 15) is 18.7 Å². The molecule has 0 aliphatic carbocycles. The van der Waals surface area contributed by atoms with E-state index in [4.69, 9.17) is 10.5 Å². The van der Waals surface area contributed by atoms with Crippen LogP contribution < -0.4 is 10.6 Å². The van der Waals surface area contributed by atoms with Crippen LogP contribution in [0.15, 0.2) is 12.1 Å². The minimum Gasteiger partial charge on any atom is -0.444 e. The van der Waals surface area contributed by atoms with Gasteiger partial charge in [-0.25, -0.2) is 13.6 Å². The minimum absolute atomic E-state index is 0.0181. The Bertz CT molecular complexity index is 619. The molecule has 1 heterocycles. The second-order valence-corrected chi connectivity index (χ2v) is 6.78. The highest BCUT2D eigenvalue weighted by atomic mass is 19.1. The molecule has 134 valence electrons. The number of halogens is 2. The van der Waals surface area contributed by atoms with Gasteiger partial charge in [-0.1, -0.05) is 0 Å². The van der Waals surface area contributed by atoms with Crippen LogP contribution in [-0.4, -0.2) is 54.0 Å². The summed E-state index contributed by atoms with van der Waals surface area (Å²) in [7, 11) is 0. The lowest BCUT2D eigenvalue weighted by Gasteiger charge is -2.42. The van der Waals surface area contributed by atoms with Gasteiger partial charge in [-0.2, -0.15) is 0 Å². The Kier molecular flexibility index (Phi) is 5.17. The maximum Gasteiger partial charge on any atom is 0.410 e. The lowest BCUT2D eigenvalue weighted by Crippen LogP contribution is -2.57. The van der Waals surface area contributed by atoms with Gasteiger partial charge in [0.1, 0.15) is 17.2 Å². The summed E-state index contributed by atoms with van der Waals surface area (Å²) in [5.74, 6) is -1.39. The first-order valence-electron chi connectivity index (χ1n) is 7.72. The standard InChI is InChI=1S/C16H23F2N3O3/c1-16(2,3)24-15(23)20-4-5-21(10(8-20)9-22)14-7-11(17)13(19)6-12(14)18/h6-7,10,22H,4-5,8-9,19H2,1-3H3/t10-/m0/s1. The van der Waals surface area contributed by atoms with E-state index in [0.717, 1.165) is 12.1 Å². The molecule has 1 aromatic rings. The smallest absolute Gasteiger partial charge is 0.410 e. The van der Waals surface area contributed by atoms with E-state index in [0.29, 0.717) is 0 Å². The molecule has 8 heteroatoms. The number of nitrogens with two attached hydrogens (primary N) is 1. The molecule has 0 unspecified atom stereocenters. The number of anilines is 2. The van der Waals surface area contributed by atoms with E-state index in [2.05, 4.69) is 0 Å². The van der Waals surface area contributed by atoms with Crippen molar-refractivity contribution in [2.45, 2.75) is 32.4 Å². The quantitative estimate of drug-likeness (QED) is 0.803.